The second-order valence-electron chi connectivity index (χ2n) is 10.7. The molecule has 0 spiro atoms. The second-order valence-corrected chi connectivity index (χ2v) is 13.3. The first-order chi connectivity index (χ1) is 21.9. The molecule has 0 radical (unpaired) electrons. The molecule has 14 heteroatoms. The molecule has 0 aliphatic carbocycles. The Hall–Kier alpha value is -1.87. The van der Waals surface area contributed by atoms with Gasteiger partial charge in [0, 0.05) is 33.4 Å². The first kappa shape index (κ1) is 37.4. The fourth-order valence-electron chi connectivity index (χ4n) is 5.81. The van der Waals surface area contributed by atoms with Crippen LogP contribution in [0.25, 0.3) is 0 Å². The number of hydrogen-bond donors (Lipinski definition) is 0. The van der Waals surface area contributed by atoms with Gasteiger partial charge >= 0.3 is 103 Å². The van der Waals surface area contributed by atoms with Crippen molar-refractivity contribution in [2.45, 2.75) is 22.0 Å². The van der Waals surface area contributed by atoms with E-state index in [9.17, 15) is 35.5 Å². The van der Waals surface area contributed by atoms with Gasteiger partial charge in [0.15, 0.2) is 29.5 Å². The smallest absolute Gasteiger partial charge is 0.744 e. The molecule has 2 atom stereocenters. The molecule has 2 bridgehead atoms. The molecule has 0 amide bonds. The van der Waals surface area contributed by atoms with Crippen LogP contribution in [-0.4, -0.2) is 37.5 Å². The molecule has 2 heterocycles. The van der Waals surface area contributed by atoms with Gasteiger partial charge in [-0.15, -0.1) is 0 Å². The van der Waals surface area contributed by atoms with Crippen LogP contribution in [0.1, 0.15) is 66.3 Å². The van der Waals surface area contributed by atoms with E-state index in [-0.39, 0.29) is 125 Å². The Balaban J connectivity index is 0.00000225. The Morgan fingerprint density at radius 2 is 0.833 bits per heavy atom. The van der Waals surface area contributed by atoms with E-state index < -0.39 is 53.7 Å². The van der Waals surface area contributed by atoms with Crippen LogP contribution in [0.4, 0.5) is 0 Å². The van der Waals surface area contributed by atoms with E-state index in [4.69, 9.17) is 9.47 Å². The Morgan fingerprint density at radius 1 is 0.479 bits per heavy atom. The van der Waals surface area contributed by atoms with Crippen LogP contribution in [0, 0.1) is 0 Å². The summed E-state index contributed by atoms with van der Waals surface area (Å²) in [7, 11) is -10.8. The molecule has 2 unspecified atom stereocenters. The van der Waals surface area contributed by atoms with E-state index in [0.717, 1.165) is 0 Å². The second kappa shape index (κ2) is 14.4. The number of ether oxygens (including phenoxy) is 2. The van der Waals surface area contributed by atoms with Crippen molar-refractivity contribution in [2.75, 3.05) is 0 Å². The molecule has 2 aliphatic heterocycles. The van der Waals surface area contributed by atoms with Crippen LogP contribution in [0.5, 0.6) is 11.5 Å². The number of carbonyl (C=O) groups is 2. The molecule has 0 N–H and O–H groups in total. The minimum atomic E-state index is -5.40. The molecule has 0 saturated carbocycles. The molecule has 7 rings (SSSR count). The van der Waals surface area contributed by atoms with Crippen molar-refractivity contribution in [2.24, 2.45) is 0 Å². The van der Waals surface area contributed by atoms with Crippen molar-refractivity contribution in [1.82, 2.24) is 0 Å². The summed E-state index contributed by atoms with van der Waals surface area (Å²) in [5.41, 5.74) is 2.11. The summed E-state index contributed by atoms with van der Waals surface area (Å²) < 4.78 is 86.7. The van der Waals surface area contributed by atoms with Crippen LogP contribution in [0.15, 0.2) is 119 Å². The maximum Gasteiger partial charge on any atom is 1.00 e. The third-order valence-electron chi connectivity index (χ3n) is 7.92. The Morgan fingerprint density at radius 3 is 1.23 bits per heavy atom. The van der Waals surface area contributed by atoms with Crippen molar-refractivity contribution in [3.05, 3.63) is 154 Å². The van der Waals surface area contributed by atoms with Crippen LogP contribution in [0.2, 0.25) is 0 Å². The maximum absolute atomic E-state index is 12.9. The molecule has 230 valence electrons. The zero-order chi connectivity index (χ0) is 32.4. The summed E-state index contributed by atoms with van der Waals surface area (Å²) in [5.74, 6) is -1.81. The number of carbonyl (C=O) groups excluding carboxylic acids is 2. The summed E-state index contributed by atoms with van der Waals surface area (Å²) >= 11 is 0. The molecule has 0 fully saturated rings. The summed E-state index contributed by atoms with van der Waals surface area (Å²) in [6, 6.07) is 29.2. The van der Waals surface area contributed by atoms with Gasteiger partial charge in [-0.3, -0.25) is 9.59 Å². The predicted octanol–water partition coefficient (Wildman–Crippen LogP) is -1.07. The Labute approximate surface area is 361 Å². The molecule has 10 nitrogen and oxygen atoms in total. The fourth-order valence-corrected chi connectivity index (χ4v) is 7.50. The zero-order valence-electron chi connectivity index (χ0n) is 25.4. The van der Waals surface area contributed by atoms with E-state index in [2.05, 4.69) is 0 Å². The maximum atomic E-state index is 12.9. The quantitative estimate of drug-likeness (QED) is 0.109. The monoisotopic (exact) mass is 730 g/mol. The fraction of sp³-hybridized carbons (Fsp3) is 0.0588. The number of fused-ring (bicyclic) bond motifs is 4. The van der Waals surface area contributed by atoms with E-state index >= 15 is 0 Å². The third-order valence-corrected chi connectivity index (χ3v) is 9.69. The van der Waals surface area contributed by atoms with Gasteiger partial charge in [-0.1, -0.05) is 109 Å². The number of ketones is 2. The van der Waals surface area contributed by atoms with Gasteiger partial charge in [-0.2, -0.15) is 0 Å². The van der Waals surface area contributed by atoms with Crippen LogP contribution in [-0.2, 0) is 20.2 Å². The van der Waals surface area contributed by atoms with Gasteiger partial charge in [0.25, 0.3) is 0 Å². The van der Waals surface area contributed by atoms with Crippen LogP contribution >= 0.6 is 0 Å². The van der Waals surface area contributed by atoms with Gasteiger partial charge in [0.1, 0.15) is 35.8 Å². The Kier molecular flexibility index (Phi) is 11.2. The molecule has 5 aromatic rings. The standard InChI is InChI=1S/C34H22O10S2.2K/c35-27(19-7-3-1-4-8-19)21-11-15-23(16-12-21)29-25-26-30(24-17-13-22(14-18-24)28(36)20-9-5-2-6-10-20)44-32(33(26)45(37,38)39)34(31(25)43-29)46(40,41)42;;/h1-18,29-30H,(H,37,38,39)(H,40,41,42);;/q;2*+1/p-2. The van der Waals surface area contributed by atoms with Gasteiger partial charge in [0.2, 0.25) is 0 Å². The van der Waals surface area contributed by atoms with Crippen molar-refractivity contribution < 1.29 is 148 Å². The van der Waals surface area contributed by atoms with Crippen molar-refractivity contribution in [1.29, 1.82) is 0 Å². The van der Waals surface area contributed by atoms with Gasteiger partial charge < -0.3 is 18.6 Å². The SMILES string of the molecule is O=C(c1ccccc1)c1ccc(C2Oc3c2c2c(S(=O)(=O)[O-])c(c3S(=O)(=O)[O-])OC2c2ccc(C(=O)c3ccccc3)cc2)cc1.[K+].[K+]. The van der Waals surface area contributed by atoms with Crippen molar-refractivity contribution >= 4 is 31.8 Å². The van der Waals surface area contributed by atoms with E-state index in [1.807, 2.05) is 0 Å². The molecular weight excluding hydrogens is 711 g/mol. The molecule has 5 aromatic carbocycles. The summed E-state index contributed by atoms with van der Waals surface area (Å²) in [6.45, 7) is 0. The normalized spacial score (nSPS) is 15.8. The minimum Gasteiger partial charge on any atom is -0.744 e. The van der Waals surface area contributed by atoms with Gasteiger partial charge in [-0.05, 0) is 11.1 Å². The molecule has 0 aromatic heterocycles. The first-order valence-electron chi connectivity index (χ1n) is 13.8. The Bertz CT molecular complexity index is 2280. The van der Waals surface area contributed by atoms with E-state index in [1.165, 1.54) is 36.4 Å². The van der Waals surface area contributed by atoms with E-state index in [0.29, 0.717) is 33.4 Å². The number of hydrogen-bond acceptors (Lipinski definition) is 10. The summed E-state index contributed by atoms with van der Waals surface area (Å²) in [4.78, 5) is 23.8. The van der Waals surface area contributed by atoms with Crippen LogP contribution in [0.3, 0.4) is 0 Å². The van der Waals surface area contributed by atoms with Gasteiger partial charge in [-0.25, -0.2) is 16.8 Å². The number of rotatable bonds is 8. The topological polar surface area (TPSA) is 167 Å². The molecule has 2 aliphatic rings. The molecule has 48 heavy (non-hydrogen) atoms. The van der Waals surface area contributed by atoms with Gasteiger partial charge in [0.05, 0.1) is 0 Å². The van der Waals surface area contributed by atoms with E-state index in [1.54, 1.807) is 72.8 Å². The van der Waals surface area contributed by atoms with Crippen molar-refractivity contribution in [3.63, 3.8) is 0 Å². The number of benzene rings is 5. The minimum absolute atomic E-state index is 0. The summed E-state index contributed by atoms with van der Waals surface area (Å²) in [5, 5.41) is 0. The predicted molar refractivity (Wildman–Crippen MR) is 160 cm³/mol. The average molecular weight is 731 g/mol. The zero-order valence-corrected chi connectivity index (χ0v) is 33.3. The summed E-state index contributed by atoms with van der Waals surface area (Å²) in [6.07, 6.45) is -2.41. The van der Waals surface area contributed by atoms with Crippen LogP contribution < -0.4 is 112 Å². The molecule has 0 saturated heterocycles. The average Bonchev–Trinajstić information content (AvgIpc) is 3.37. The largest absolute Gasteiger partial charge is 1.00 e. The first-order valence-corrected chi connectivity index (χ1v) is 16.6. The molecular formula is C34H20K2O10S2. The third kappa shape index (κ3) is 6.77. The van der Waals surface area contributed by atoms with Crippen molar-refractivity contribution in [3.8, 4) is 11.5 Å².